The van der Waals surface area contributed by atoms with E-state index in [1.165, 1.54) is 12.5 Å². The smallest absolute Gasteiger partial charge is 0.412 e. The summed E-state index contributed by atoms with van der Waals surface area (Å²) in [6, 6.07) is 7.28. The second-order valence-electron chi connectivity index (χ2n) is 11.0. The minimum absolute atomic E-state index is 0.0740. The fourth-order valence-corrected chi connectivity index (χ4v) is 6.06. The van der Waals surface area contributed by atoms with E-state index < -0.39 is 11.7 Å². The maximum Gasteiger partial charge on any atom is 0.412 e. The predicted molar refractivity (Wildman–Crippen MR) is 174 cm³/mol. The number of nitrogens with zero attached hydrogens (tertiary/aromatic N) is 3. The summed E-state index contributed by atoms with van der Waals surface area (Å²) in [6.07, 6.45) is 4.34. The van der Waals surface area contributed by atoms with Crippen LogP contribution in [-0.4, -0.2) is 58.0 Å². The number of unbranched alkanes of at least 4 members (excludes halogenated alkanes) is 2. The van der Waals surface area contributed by atoms with Crippen molar-refractivity contribution in [2.24, 2.45) is 0 Å². The van der Waals surface area contributed by atoms with Crippen molar-refractivity contribution in [3.63, 3.8) is 0 Å². The highest BCUT2D eigenvalue weighted by molar-refractivity contribution is 7.99. The van der Waals surface area contributed by atoms with Crippen LogP contribution in [0.15, 0.2) is 57.7 Å². The Morgan fingerprint density at radius 3 is 2.56 bits per heavy atom. The Balaban J connectivity index is 0.00000271. The molecule has 1 aliphatic carbocycles. The summed E-state index contributed by atoms with van der Waals surface area (Å²) in [7, 11) is 0. The number of nitrogen functional groups attached to an aromatic ring is 1. The number of alkyl halides is 3. The maximum atomic E-state index is 13.8. The number of anilines is 1. The predicted octanol–water partition coefficient (Wildman–Crippen LogP) is 6.56. The highest BCUT2D eigenvalue weighted by atomic mass is 32.2. The lowest BCUT2D eigenvalue weighted by Crippen LogP contribution is -2.44. The molecule has 2 aromatic rings. The average molecular weight is 650 g/mol. The standard InChI is InChI=1S/C31H40F3N5O3S.C2H6/c1-21(31(32,33)34)13-14-22(2)42-18-7-3-6-16-36-19-28(40)38-17-15-26-24(20-38)29(41)39(27-12-5-4-11-25(27)35)30(37-26)43-23-9-8-10-23;1-2/h4-5,11-14,23,36H,3,6-10,15-20,35H2,1-2H3;1-2H3/b21-13+,22-14+;. The van der Waals surface area contributed by atoms with E-state index in [1.807, 2.05) is 32.0 Å². The molecule has 1 fully saturated rings. The van der Waals surface area contributed by atoms with E-state index in [-0.39, 0.29) is 24.6 Å². The van der Waals surface area contributed by atoms with Crippen LogP contribution in [0.3, 0.4) is 0 Å². The first-order valence-electron chi connectivity index (χ1n) is 15.7. The fraction of sp³-hybridized carbons (Fsp3) is 0.545. The van der Waals surface area contributed by atoms with Crippen LogP contribution in [0, 0.1) is 0 Å². The lowest BCUT2D eigenvalue weighted by molar-refractivity contribution is -0.131. The first kappa shape index (κ1) is 36.2. The molecule has 12 heteroatoms. The number of amides is 1. The zero-order valence-corrected chi connectivity index (χ0v) is 27.5. The topological polar surface area (TPSA) is 102 Å². The van der Waals surface area contributed by atoms with Crippen molar-refractivity contribution in [3.8, 4) is 5.69 Å². The number of halogens is 3. The molecule has 3 N–H and O–H groups in total. The Kier molecular flexibility index (Phi) is 14.0. The van der Waals surface area contributed by atoms with Gasteiger partial charge in [-0.1, -0.05) is 50.2 Å². The van der Waals surface area contributed by atoms with Crippen molar-refractivity contribution in [1.29, 1.82) is 0 Å². The number of allylic oxidation sites excluding steroid dienone is 4. The van der Waals surface area contributed by atoms with Crippen LogP contribution in [0.2, 0.25) is 0 Å². The number of hydrogen-bond acceptors (Lipinski definition) is 7. The number of rotatable bonds is 13. The summed E-state index contributed by atoms with van der Waals surface area (Å²) < 4.78 is 44.7. The van der Waals surface area contributed by atoms with Gasteiger partial charge in [0.15, 0.2) is 5.16 Å². The molecule has 0 saturated heterocycles. The van der Waals surface area contributed by atoms with Gasteiger partial charge in [-0.3, -0.25) is 14.2 Å². The zero-order valence-electron chi connectivity index (χ0n) is 26.7. The molecule has 1 aromatic heterocycles. The molecule has 1 aromatic carbocycles. The highest BCUT2D eigenvalue weighted by Crippen LogP contribution is 2.37. The van der Waals surface area contributed by atoms with Gasteiger partial charge in [0.25, 0.3) is 5.56 Å². The number of nitrogens with one attached hydrogen (secondary N) is 1. The van der Waals surface area contributed by atoms with Crippen LogP contribution in [0.4, 0.5) is 18.9 Å². The van der Waals surface area contributed by atoms with Gasteiger partial charge in [-0.25, -0.2) is 4.98 Å². The van der Waals surface area contributed by atoms with E-state index in [0.29, 0.717) is 59.2 Å². The number of aromatic nitrogens is 2. The van der Waals surface area contributed by atoms with Crippen molar-refractivity contribution in [1.82, 2.24) is 19.8 Å². The number of benzene rings is 1. The Labute approximate surface area is 268 Å². The Bertz CT molecular complexity index is 1400. The van der Waals surface area contributed by atoms with Gasteiger partial charge < -0.3 is 20.7 Å². The van der Waals surface area contributed by atoms with Crippen LogP contribution >= 0.6 is 11.8 Å². The molecule has 45 heavy (non-hydrogen) atoms. The van der Waals surface area contributed by atoms with Gasteiger partial charge >= 0.3 is 6.18 Å². The number of carbonyl (C=O) groups excluding carboxylic acids is 1. The van der Waals surface area contributed by atoms with Crippen LogP contribution in [0.5, 0.6) is 0 Å². The van der Waals surface area contributed by atoms with Crippen molar-refractivity contribution < 1.29 is 22.7 Å². The van der Waals surface area contributed by atoms with E-state index in [1.54, 1.807) is 34.2 Å². The Hall–Kier alpha value is -3.25. The van der Waals surface area contributed by atoms with Crippen molar-refractivity contribution in [2.45, 2.75) is 95.8 Å². The second-order valence-corrected chi connectivity index (χ2v) is 12.2. The summed E-state index contributed by atoms with van der Waals surface area (Å²) in [4.78, 5) is 33.4. The van der Waals surface area contributed by atoms with E-state index in [9.17, 15) is 22.8 Å². The summed E-state index contributed by atoms with van der Waals surface area (Å²) >= 11 is 1.64. The summed E-state index contributed by atoms with van der Waals surface area (Å²) in [6.45, 7) is 8.59. The SMILES string of the molecule is C/C(=C\C=C(/C)C(F)(F)F)OCCCCCNCC(=O)N1CCc2nc(SC3CCC3)n(-c3ccccc3N)c(=O)c2C1.CC. The Morgan fingerprint density at radius 1 is 1.16 bits per heavy atom. The third-order valence-electron chi connectivity index (χ3n) is 7.67. The van der Waals surface area contributed by atoms with E-state index in [4.69, 9.17) is 15.5 Å². The number of fused-ring (bicyclic) bond motifs is 1. The average Bonchev–Trinajstić information content (AvgIpc) is 3.00. The number of ether oxygens (including phenoxy) is 1. The van der Waals surface area contributed by atoms with Gasteiger partial charge in [0.05, 0.1) is 48.1 Å². The van der Waals surface area contributed by atoms with Crippen LogP contribution in [0.1, 0.15) is 77.5 Å². The quantitative estimate of drug-likeness (QED) is 0.0833. The van der Waals surface area contributed by atoms with Gasteiger partial charge in [0.2, 0.25) is 5.91 Å². The van der Waals surface area contributed by atoms with Gasteiger partial charge in [0.1, 0.15) is 0 Å². The lowest BCUT2D eigenvalue weighted by Gasteiger charge is -2.30. The number of hydrogen-bond donors (Lipinski definition) is 2. The molecule has 2 heterocycles. The van der Waals surface area contributed by atoms with E-state index in [0.717, 1.165) is 50.8 Å². The minimum Gasteiger partial charge on any atom is -0.498 e. The second kappa shape index (κ2) is 17.4. The third-order valence-corrected chi connectivity index (χ3v) is 8.96. The number of nitrogens with two attached hydrogens (primary N) is 1. The van der Waals surface area contributed by atoms with E-state index in [2.05, 4.69) is 5.32 Å². The molecule has 2 aliphatic rings. The zero-order chi connectivity index (χ0) is 33.0. The van der Waals surface area contributed by atoms with Crippen molar-refractivity contribution >= 4 is 23.4 Å². The van der Waals surface area contributed by atoms with E-state index >= 15 is 0 Å². The maximum absolute atomic E-state index is 13.8. The lowest BCUT2D eigenvalue weighted by atomic mass is 10.0. The molecule has 1 amide bonds. The van der Waals surface area contributed by atoms with Crippen molar-refractivity contribution in [2.75, 3.05) is 32.0 Å². The molecule has 4 rings (SSSR count). The number of carbonyl (C=O) groups is 1. The van der Waals surface area contributed by atoms with Gasteiger partial charge in [-0.15, -0.1) is 0 Å². The molecule has 0 radical (unpaired) electrons. The molecule has 0 spiro atoms. The minimum atomic E-state index is -4.34. The molecule has 1 saturated carbocycles. The summed E-state index contributed by atoms with van der Waals surface area (Å²) in [5.74, 6) is 0.355. The molecule has 0 bridgehead atoms. The third kappa shape index (κ3) is 10.4. The molecule has 0 atom stereocenters. The van der Waals surface area contributed by atoms with Crippen LogP contribution in [0.25, 0.3) is 5.69 Å². The summed E-state index contributed by atoms with van der Waals surface area (Å²) in [5.41, 5.74) is 7.81. The number of para-hydroxylation sites is 2. The Morgan fingerprint density at radius 2 is 1.89 bits per heavy atom. The van der Waals surface area contributed by atoms with Crippen molar-refractivity contribution in [3.05, 3.63) is 69.4 Å². The molecular weight excluding hydrogens is 603 g/mol. The molecule has 1 aliphatic heterocycles. The van der Waals surface area contributed by atoms with Gasteiger partial charge in [-0.2, -0.15) is 13.2 Å². The van der Waals surface area contributed by atoms with Gasteiger partial charge in [0, 0.05) is 23.8 Å². The molecular formula is C33H46F3N5O3S. The highest BCUT2D eigenvalue weighted by Gasteiger charge is 2.30. The molecule has 8 nitrogen and oxygen atoms in total. The van der Waals surface area contributed by atoms with Crippen LogP contribution < -0.4 is 16.6 Å². The summed E-state index contributed by atoms with van der Waals surface area (Å²) in [5, 5.41) is 4.29. The largest absolute Gasteiger partial charge is 0.498 e. The molecule has 248 valence electrons. The molecule has 0 unspecified atom stereocenters. The first-order valence-corrected chi connectivity index (χ1v) is 16.6. The number of thioether (sulfide) groups is 1. The van der Waals surface area contributed by atoms with Gasteiger partial charge in [-0.05, 0) is 70.7 Å². The fourth-order valence-electron chi connectivity index (χ4n) is 4.74. The normalized spacial score (nSPS) is 15.6. The first-order chi connectivity index (χ1) is 21.5. The van der Waals surface area contributed by atoms with Crippen LogP contribution in [-0.2, 0) is 22.5 Å². The monoisotopic (exact) mass is 649 g/mol.